The van der Waals surface area contributed by atoms with E-state index in [0.717, 1.165) is 49.2 Å². The van der Waals surface area contributed by atoms with E-state index in [-0.39, 0.29) is 11.5 Å². The van der Waals surface area contributed by atoms with Gasteiger partial charge in [0.25, 0.3) is 0 Å². The summed E-state index contributed by atoms with van der Waals surface area (Å²) in [5.41, 5.74) is 7.32. The van der Waals surface area contributed by atoms with Gasteiger partial charge in [-0.2, -0.15) is 18.3 Å². The zero-order valence-corrected chi connectivity index (χ0v) is 17.8. The lowest BCUT2D eigenvalue weighted by Gasteiger charge is -2.11. The quantitative estimate of drug-likeness (QED) is 0.549. The highest BCUT2D eigenvalue weighted by molar-refractivity contribution is 5.92. The van der Waals surface area contributed by atoms with Gasteiger partial charge in [0, 0.05) is 29.6 Å². The predicted octanol–water partition coefficient (Wildman–Crippen LogP) is 5.35. The largest absolute Gasteiger partial charge is 0.433 e. The first kappa shape index (κ1) is 23.4. The molecule has 1 aliphatic heterocycles. The number of carbonyl (C=O) groups is 1. The molecule has 0 fully saturated rings. The van der Waals surface area contributed by atoms with Gasteiger partial charge in [-0.25, -0.2) is 4.39 Å². The lowest BCUT2D eigenvalue weighted by Crippen LogP contribution is -2.11. The van der Waals surface area contributed by atoms with E-state index < -0.39 is 23.6 Å². The molecule has 0 bridgehead atoms. The van der Waals surface area contributed by atoms with Crippen molar-refractivity contribution < 1.29 is 22.4 Å². The van der Waals surface area contributed by atoms with Crippen molar-refractivity contribution in [1.82, 2.24) is 14.8 Å². The molecule has 32 heavy (non-hydrogen) atoms. The number of carbonyl (C=O) groups excluding carboxylic acids is 1. The third-order valence-corrected chi connectivity index (χ3v) is 5.13. The zero-order valence-electron chi connectivity index (χ0n) is 17.8. The summed E-state index contributed by atoms with van der Waals surface area (Å²) >= 11 is 0. The highest BCUT2D eigenvalue weighted by atomic mass is 19.4. The Morgan fingerprint density at radius 2 is 1.88 bits per heavy atom. The van der Waals surface area contributed by atoms with Crippen LogP contribution in [0.25, 0.3) is 11.3 Å². The van der Waals surface area contributed by atoms with Gasteiger partial charge in [0.15, 0.2) is 0 Å². The number of fused-ring (bicyclic) bond motifs is 1. The van der Waals surface area contributed by atoms with Crippen molar-refractivity contribution in [1.29, 1.82) is 0 Å². The fourth-order valence-electron chi connectivity index (χ4n) is 3.39. The number of benzene rings is 1. The number of halogens is 4. The number of amides is 1. The summed E-state index contributed by atoms with van der Waals surface area (Å²) in [4.78, 5) is 14.1. The number of aromatic nitrogens is 3. The molecule has 0 saturated heterocycles. The van der Waals surface area contributed by atoms with Crippen LogP contribution < -0.4 is 5.73 Å². The summed E-state index contributed by atoms with van der Waals surface area (Å²) < 4.78 is 52.7. The summed E-state index contributed by atoms with van der Waals surface area (Å²) in [7, 11) is 0. The summed E-state index contributed by atoms with van der Waals surface area (Å²) in [6.45, 7) is 4.70. The first-order chi connectivity index (χ1) is 15.0. The Morgan fingerprint density at radius 1 is 1.12 bits per heavy atom. The van der Waals surface area contributed by atoms with Crippen LogP contribution in [0.5, 0.6) is 0 Å². The molecule has 0 atom stereocenters. The second-order valence-electron chi connectivity index (χ2n) is 7.92. The van der Waals surface area contributed by atoms with Crippen LogP contribution in [0.4, 0.5) is 17.6 Å². The molecule has 1 aromatic carbocycles. The van der Waals surface area contributed by atoms with Gasteiger partial charge in [0.1, 0.15) is 11.5 Å². The lowest BCUT2D eigenvalue weighted by atomic mass is 10.0. The fraction of sp³-hybridized carbons (Fsp3) is 0.348. The first-order valence-electron chi connectivity index (χ1n) is 10.2. The minimum Gasteiger partial charge on any atom is -0.366 e. The van der Waals surface area contributed by atoms with Gasteiger partial charge in [-0.15, -0.1) is 0 Å². The van der Waals surface area contributed by atoms with Gasteiger partial charge in [0.05, 0.1) is 5.69 Å². The number of aryl methyl sites for hydroxylation is 2. The Hall–Kier alpha value is -3.23. The predicted molar refractivity (Wildman–Crippen MR) is 112 cm³/mol. The summed E-state index contributed by atoms with van der Waals surface area (Å²) in [6.07, 6.45) is -0.135. The van der Waals surface area contributed by atoms with Crippen molar-refractivity contribution in [2.24, 2.45) is 5.73 Å². The van der Waals surface area contributed by atoms with Crippen LogP contribution in [-0.2, 0) is 19.1 Å². The van der Waals surface area contributed by atoms with E-state index >= 15 is 0 Å². The van der Waals surface area contributed by atoms with Crippen LogP contribution in [-0.4, -0.2) is 20.7 Å². The summed E-state index contributed by atoms with van der Waals surface area (Å²) in [6, 6.07) is 8.66. The normalized spacial score (nSPS) is 13.3. The van der Waals surface area contributed by atoms with Gasteiger partial charge >= 0.3 is 6.18 Å². The topological polar surface area (TPSA) is 73.8 Å². The molecule has 0 spiro atoms. The Balaban J connectivity index is 0.000000195. The average molecular weight is 448 g/mol. The number of primary amides is 1. The molecule has 2 aromatic heterocycles. The Bertz CT molecular complexity index is 1080. The molecule has 1 aliphatic rings. The maximum Gasteiger partial charge on any atom is 0.433 e. The SMILES string of the molecule is CC(C)c1cc(F)cc(C(N)=O)c1.FC(F)(F)c1cc(-c2cc3n(n2)CCCC3)ccn1. The smallest absolute Gasteiger partial charge is 0.366 e. The molecule has 1 amide bonds. The van der Waals surface area contributed by atoms with Crippen LogP contribution in [0, 0.1) is 5.82 Å². The molecular weight excluding hydrogens is 424 g/mol. The van der Waals surface area contributed by atoms with Gasteiger partial charge in [-0.1, -0.05) is 13.8 Å². The van der Waals surface area contributed by atoms with E-state index in [2.05, 4.69) is 10.1 Å². The summed E-state index contributed by atoms with van der Waals surface area (Å²) in [5.74, 6) is -0.824. The van der Waals surface area contributed by atoms with Crippen molar-refractivity contribution in [3.8, 4) is 11.3 Å². The van der Waals surface area contributed by atoms with Gasteiger partial charge in [-0.3, -0.25) is 14.5 Å². The van der Waals surface area contributed by atoms with E-state index in [9.17, 15) is 22.4 Å². The Labute approximate surface area is 183 Å². The number of alkyl halides is 3. The van der Waals surface area contributed by atoms with Crippen molar-refractivity contribution in [3.05, 3.63) is 70.9 Å². The summed E-state index contributed by atoms with van der Waals surface area (Å²) in [5, 5.41) is 4.37. The lowest BCUT2D eigenvalue weighted by molar-refractivity contribution is -0.141. The minimum absolute atomic E-state index is 0.189. The standard InChI is InChI=1S/C13H12F3N3.C10H12FNO/c14-13(15,16)12-7-9(4-5-17-12)11-8-10-3-1-2-6-19(10)18-11;1-6(2)7-3-8(10(12)13)5-9(11)4-7/h4-5,7-8H,1-3,6H2;3-6H,1-2H3,(H2,12,13). The van der Waals surface area contributed by atoms with Gasteiger partial charge < -0.3 is 5.73 Å². The van der Waals surface area contributed by atoms with E-state index in [1.165, 1.54) is 12.3 Å². The Kier molecular flexibility index (Phi) is 6.96. The van der Waals surface area contributed by atoms with Crippen LogP contribution in [0.15, 0.2) is 42.6 Å². The first-order valence-corrected chi connectivity index (χ1v) is 10.2. The van der Waals surface area contributed by atoms with Gasteiger partial charge in [0.2, 0.25) is 5.91 Å². The minimum atomic E-state index is -4.42. The molecule has 0 saturated carbocycles. The van der Waals surface area contributed by atoms with E-state index in [1.54, 1.807) is 12.1 Å². The second-order valence-corrected chi connectivity index (χ2v) is 7.92. The van der Waals surface area contributed by atoms with Crippen molar-refractivity contribution in [3.63, 3.8) is 0 Å². The molecule has 3 aromatic rings. The molecule has 0 unspecified atom stereocenters. The van der Waals surface area contributed by atoms with Crippen molar-refractivity contribution in [2.45, 2.75) is 51.7 Å². The molecule has 9 heteroatoms. The van der Waals surface area contributed by atoms with Crippen molar-refractivity contribution >= 4 is 5.91 Å². The third-order valence-electron chi connectivity index (χ3n) is 5.13. The Morgan fingerprint density at radius 3 is 2.50 bits per heavy atom. The molecule has 5 nitrogen and oxygen atoms in total. The third kappa shape index (κ3) is 5.72. The van der Waals surface area contributed by atoms with Crippen molar-refractivity contribution in [2.75, 3.05) is 0 Å². The molecule has 4 rings (SSSR count). The number of rotatable bonds is 3. The van der Waals surface area contributed by atoms with E-state index in [4.69, 9.17) is 5.73 Å². The highest BCUT2D eigenvalue weighted by Crippen LogP contribution is 2.30. The monoisotopic (exact) mass is 448 g/mol. The van der Waals surface area contributed by atoms with Crippen LogP contribution >= 0.6 is 0 Å². The van der Waals surface area contributed by atoms with E-state index in [0.29, 0.717) is 11.3 Å². The average Bonchev–Trinajstić information content (AvgIpc) is 3.17. The van der Waals surface area contributed by atoms with Crippen LogP contribution in [0.1, 0.15) is 59.9 Å². The molecule has 3 heterocycles. The van der Waals surface area contributed by atoms with Gasteiger partial charge in [-0.05, 0) is 67.1 Å². The number of pyridine rings is 1. The maximum atomic E-state index is 12.9. The van der Waals surface area contributed by atoms with Crippen LogP contribution in [0.2, 0.25) is 0 Å². The van der Waals surface area contributed by atoms with E-state index in [1.807, 2.05) is 24.6 Å². The fourth-order valence-corrected chi connectivity index (χ4v) is 3.39. The molecule has 0 radical (unpaired) electrons. The molecule has 0 aliphatic carbocycles. The second kappa shape index (κ2) is 9.50. The molecule has 2 N–H and O–H groups in total. The highest BCUT2D eigenvalue weighted by Gasteiger charge is 2.32. The number of hydrogen-bond acceptors (Lipinski definition) is 3. The molecular formula is C23H24F4N4O. The number of nitrogens with two attached hydrogens (primary N) is 1. The molecule has 170 valence electrons. The number of nitrogens with zero attached hydrogens (tertiary/aromatic N) is 3. The number of hydrogen-bond donors (Lipinski definition) is 1. The van der Waals surface area contributed by atoms with Crippen LogP contribution in [0.3, 0.4) is 0 Å². The zero-order chi connectivity index (χ0) is 23.5. The maximum absolute atomic E-state index is 12.9.